The third-order valence-electron chi connectivity index (χ3n) is 3.34. The smallest absolute Gasteiger partial charge is 0.123 e. The quantitative estimate of drug-likeness (QED) is 0.893. The van der Waals surface area contributed by atoms with Gasteiger partial charge in [0.25, 0.3) is 0 Å². The van der Waals surface area contributed by atoms with E-state index in [4.69, 9.17) is 11.5 Å². The summed E-state index contributed by atoms with van der Waals surface area (Å²) in [5.41, 5.74) is 13.0. The van der Waals surface area contributed by atoms with E-state index in [1.165, 1.54) is 24.3 Å². The molecule has 0 saturated heterocycles. The number of benzene rings is 2. The summed E-state index contributed by atoms with van der Waals surface area (Å²) >= 11 is 0. The second-order valence-corrected chi connectivity index (χ2v) is 4.82. The Morgan fingerprint density at radius 1 is 0.895 bits per heavy atom. The fourth-order valence-electron chi connectivity index (χ4n) is 2.00. The second kappa shape index (κ2) is 5.07. The van der Waals surface area contributed by atoms with Crippen LogP contribution < -0.4 is 11.5 Å². The van der Waals surface area contributed by atoms with Crippen LogP contribution in [0.15, 0.2) is 48.5 Å². The average molecular weight is 262 g/mol. The first kappa shape index (κ1) is 13.6. The van der Waals surface area contributed by atoms with Crippen LogP contribution >= 0.6 is 0 Å². The highest BCUT2D eigenvalue weighted by Gasteiger charge is 2.30. The molecule has 2 atom stereocenters. The molecule has 4 N–H and O–H groups in total. The highest BCUT2D eigenvalue weighted by molar-refractivity contribution is 5.31. The first-order chi connectivity index (χ1) is 8.91. The molecule has 100 valence electrons. The first-order valence-electron chi connectivity index (χ1n) is 5.97. The van der Waals surface area contributed by atoms with E-state index >= 15 is 0 Å². The third-order valence-corrected chi connectivity index (χ3v) is 3.34. The zero-order valence-electron chi connectivity index (χ0n) is 10.6. The molecule has 0 aromatic heterocycles. The van der Waals surface area contributed by atoms with E-state index in [9.17, 15) is 8.78 Å². The molecule has 0 aliphatic carbocycles. The van der Waals surface area contributed by atoms with Gasteiger partial charge in [-0.05, 0) is 42.3 Å². The predicted molar refractivity (Wildman–Crippen MR) is 71.3 cm³/mol. The van der Waals surface area contributed by atoms with Crippen molar-refractivity contribution >= 4 is 0 Å². The molecule has 0 radical (unpaired) electrons. The first-order valence-corrected chi connectivity index (χ1v) is 5.97. The minimum Gasteiger partial charge on any atom is -0.322 e. The molecule has 0 aliphatic rings. The average Bonchev–Trinajstić information content (AvgIpc) is 2.39. The minimum atomic E-state index is -0.870. The van der Waals surface area contributed by atoms with Crippen molar-refractivity contribution in [3.05, 3.63) is 71.3 Å². The number of nitrogens with two attached hydrogens (primary N) is 2. The SMILES string of the molecule is CC(N)(c1ccc(F)cc1)C(N)c1ccc(F)cc1. The van der Waals surface area contributed by atoms with Crippen LogP contribution in [0.25, 0.3) is 0 Å². The van der Waals surface area contributed by atoms with Crippen LogP contribution in [0.5, 0.6) is 0 Å². The molecule has 2 aromatic rings. The lowest BCUT2D eigenvalue weighted by atomic mass is 9.82. The Kier molecular flexibility index (Phi) is 3.64. The molecular formula is C15H16F2N2. The Bertz CT molecular complexity index is 547. The maximum absolute atomic E-state index is 12.9. The fourth-order valence-corrected chi connectivity index (χ4v) is 2.00. The standard InChI is InChI=1S/C15H16F2N2/c1-15(19,11-4-8-13(17)9-5-11)14(18)10-2-6-12(16)7-3-10/h2-9,14H,18-19H2,1H3. The van der Waals surface area contributed by atoms with Crippen molar-refractivity contribution < 1.29 is 8.78 Å². The number of hydrogen-bond acceptors (Lipinski definition) is 2. The molecular weight excluding hydrogens is 246 g/mol. The van der Waals surface area contributed by atoms with Crippen LogP contribution in [0.1, 0.15) is 24.1 Å². The Balaban J connectivity index is 2.32. The van der Waals surface area contributed by atoms with E-state index in [0.29, 0.717) is 0 Å². The lowest BCUT2D eigenvalue weighted by Crippen LogP contribution is -2.44. The lowest BCUT2D eigenvalue weighted by molar-refractivity contribution is 0.396. The van der Waals surface area contributed by atoms with Crippen molar-refractivity contribution in [3.63, 3.8) is 0 Å². The van der Waals surface area contributed by atoms with E-state index in [1.54, 1.807) is 31.2 Å². The molecule has 19 heavy (non-hydrogen) atoms. The molecule has 0 fully saturated rings. The van der Waals surface area contributed by atoms with Gasteiger partial charge in [0.15, 0.2) is 0 Å². The summed E-state index contributed by atoms with van der Waals surface area (Å²) in [5, 5.41) is 0. The lowest BCUT2D eigenvalue weighted by Gasteiger charge is -2.32. The van der Waals surface area contributed by atoms with Gasteiger partial charge in [0.05, 0.1) is 11.6 Å². The summed E-state index contributed by atoms with van der Waals surface area (Å²) in [5.74, 6) is -0.647. The topological polar surface area (TPSA) is 52.0 Å². The molecule has 0 saturated carbocycles. The fraction of sp³-hybridized carbons (Fsp3) is 0.200. The molecule has 2 unspecified atom stereocenters. The summed E-state index contributed by atoms with van der Waals surface area (Å²) in [7, 11) is 0. The van der Waals surface area contributed by atoms with E-state index in [1.807, 2.05) is 0 Å². The van der Waals surface area contributed by atoms with Gasteiger partial charge in [-0.2, -0.15) is 0 Å². The van der Waals surface area contributed by atoms with Gasteiger partial charge in [-0.1, -0.05) is 24.3 Å². The molecule has 0 heterocycles. The van der Waals surface area contributed by atoms with Crippen LogP contribution in [0.3, 0.4) is 0 Å². The molecule has 0 spiro atoms. The van der Waals surface area contributed by atoms with E-state index in [0.717, 1.165) is 11.1 Å². The van der Waals surface area contributed by atoms with Crippen LogP contribution in [-0.2, 0) is 5.54 Å². The second-order valence-electron chi connectivity index (χ2n) is 4.82. The molecule has 0 amide bonds. The highest BCUT2D eigenvalue weighted by atomic mass is 19.1. The number of halogens is 2. The Morgan fingerprint density at radius 3 is 1.79 bits per heavy atom. The van der Waals surface area contributed by atoms with Crippen molar-refractivity contribution in [2.45, 2.75) is 18.5 Å². The van der Waals surface area contributed by atoms with Gasteiger partial charge in [0, 0.05) is 0 Å². The molecule has 4 heteroatoms. The Labute approximate surface area is 111 Å². The van der Waals surface area contributed by atoms with Crippen molar-refractivity contribution in [2.75, 3.05) is 0 Å². The minimum absolute atomic E-state index is 0.323. The van der Waals surface area contributed by atoms with Crippen molar-refractivity contribution in [1.29, 1.82) is 0 Å². The maximum atomic E-state index is 12.9. The van der Waals surface area contributed by atoms with Gasteiger partial charge in [-0.3, -0.25) is 0 Å². The van der Waals surface area contributed by atoms with Gasteiger partial charge in [-0.15, -0.1) is 0 Å². The van der Waals surface area contributed by atoms with Gasteiger partial charge < -0.3 is 11.5 Å². The summed E-state index contributed by atoms with van der Waals surface area (Å²) in [6.45, 7) is 1.77. The van der Waals surface area contributed by atoms with Gasteiger partial charge >= 0.3 is 0 Å². The van der Waals surface area contributed by atoms with Gasteiger partial charge in [0.2, 0.25) is 0 Å². The predicted octanol–water partition coefficient (Wildman–Crippen LogP) is 2.84. The largest absolute Gasteiger partial charge is 0.322 e. The summed E-state index contributed by atoms with van der Waals surface area (Å²) in [6.07, 6.45) is 0. The number of hydrogen-bond donors (Lipinski definition) is 2. The zero-order chi connectivity index (χ0) is 14.0. The number of rotatable bonds is 3. The van der Waals surface area contributed by atoms with Crippen LogP contribution in [0.4, 0.5) is 8.78 Å². The summed E-state index contributed by atoms with van der Waals surface area (Å²) in [6, 6.07) is 11.3. The molecule has 0 bridgehead atoms. The summed E-state index contributed by atoms with van der Waals surface area (Å²) in [4.78, 5) is 0. The van der Waals surface area contributed by atoms with Crippen molar-refractivity contribution in [2.24, 2.45) is 11.5 Å². The molecule has 2 aromatic carbocycles. The Hall–Kier alpha value is -1.78. The molecule has 2 rings (SSSR count). The summed E-state index contributed by atoms with van der Waals surface area (Å²) < 4.78 is 25.8. The van der Waals surface area contributed by atoms with Crippen LogP contribution in [0.2, 0.25) is 0 Å². The van der Waals surface area contributed by atoms with Crippen molar-refractivity contribution in [3.8, 4) is 0 Å². The van der Waals surface area contributed by atoms with Gasteiger partial charge in [0.1, 0.15) is 11.6 Å². The van der Waals surface area contributed by atoms with Crippen molar-refractivity contribution in [1.82, 2.24) is 0 Å². The van der Waals surface area contributed by atoms with Crippen LogP contribution in [0, 0.1) is 11.6 Å². The Morgan fingerprint density at radius 2 is 1.32 bits per heavy atom. The third kappa shape index (κ3) is 2.80. The zero-order valence-corrected chi connectivity index (χ0v) is 10.6. The molecule has 2 nitrogen and oxygen atoms in total. The normalized spacial score (nSPS) is 15.8. The van der Waals surface area contributed by atoms with E-state index in [-0.39, 0.29) is 11.6 Å². The highest BCUT2D eigenvalue weighted by Crippen LogP contribution is 2.30. The maximum Gasteiger partial charge on any atom is 0.123 e. The molecule has 0 aliphatic heterocycles. The van der Waals surface area contributed by atoms with E-state index < -0.39 is 11.6 Å². The van der Waals surface area contributed by atoms with Gasteiger partial charge in [-0.25, -0.2) is 8.78 Å². The van der Waals surface area contributed by atoms with E-state index in [2.05, 4.69) is 0 Å². The van der Waals surface area contributed by atoms with Crippen LogP contribution in [-0.4, -0.2) is 0 Å². The monoisotopic (exact) mass is 262 g/mol.